The van der Waals surface area contributed by atoms with Crippen molar-refractivity contribution >= 4 is 5.91 Å². The lowest BCUT2D eigenvalue weighted by molar-refractivity contribution is 0.0656. The highest BCUT2D eigenvalue weighted by Gasteiger charge is 2.30. The Morgan fingerprint density at radius 2 is 2.06 bits per heavy atom. The molecule has 0 aliphatic carbocycles. The second kappa shape index (κ2) is 9.51. The zero-order chi connectivity index (χ0) is 23.5. The molecule has 34 heavy (non-hydrogen) atoms. The van der Waals surface area contributed by atoms with Crippen LogP contribution in [0.1, 0.15) is 46.5 Å². The Kier molecular flexibility index (Phi) is 6.12. The van der Waals surface area contributed by atoms with Crippen LogP contribution in [0.5, 0.6) is 5.75 Å². The number of carbonyl (C=O) groups is 1. The van der Waals surface area contributed by atoms with Gasteiger partial charge >= 0.3 is 0 Å². The van der Waals surface area contributed by atoms with Gasteiger partial charge in [0, 0.05) is 31.1 Å². The van der Waals surface area contributed by atoms with E-state index in [0.29, 0.717) is 36.9 Å². The monoisotopic (exact) mass is 461 g/mol. The summed E-state index contributed by atoms with van der Waals surface area (Å²) in [5, 5.41) is 4.06. The summed E-state index contributed by atoms with van der Waals surface area (Å²) in [5.74, 6) is 1.72. The smallest absolute Gasteiger partial charge is 0.292 e. The molecular formula is C26H24FN3O4. The molecule has 3 heterocycles. The highest BCUT2D eigenvalue weighted by atomic mass is 19.1. The molecule has 1 atom stereocenters. The largest absolute Gasteiger partial charge is 0.497 e. The third-order valence-electron chi connectivity index (χ3n) is 6.00. The summed E-state index contributed by atoms with van der Waals surface area (Å²) in [6, 6.07) is 15.5. The number of methoxy groups -OCH3 is 1. The normalized spacial score (nSPS) is 15.9. The molecule has 1 fully saturated rings. The van der Waals surface area contributed by atoms with Crippen molar-refractivity contribution in [2.24, 2.45) is 0 Å². The number of piperidine rings is 1. The summed E-state index contributed by atoms with van der Waals surface area (Å²) in [6.45, 7) is 1.11. The molecule has 2 aromatic carbocycles. The van der Waals surface area contributed by atoms with Crippen LogP contribution in [0, 0.1) is 5.82 Å². The molecular weight excluding hydrogens is 437 g/mol. The quantitative estimate of drug-likeness (QED) is 0.398. The molecule has 0 bridgehead atoms. The second-order valence-corrected chi connectivity index (χ2v) is 8.37. The molecule has 1 saturated heterocycles. The highest BCUT2D eigenvalue weighted by Crippen LogP contribution is 2.29. The minimum absolute atomic E-state index is 0.0112. The van der Waals surface area contributed by atoms with Gasteiger partial charge in [0.2, 0.25) is 5.76 Å². The van der Waals surface area contributed by atoms with Crippen molar-refractivity contribution in [3.63, 3.8) is 0 Å². The van der Waals surface area contributed by atoms with Crippen molar-refractivity contribution in [1.82, 2.24) is 15.0 Å². The van der Waals surface area contributed by atoms with E-state index in [1.54, 1.807) is 30.3 Å². The molecule has 174 valence electrons. The Bertz CT molecular complexity index is 1280. The third kappa shape index (κ3) is 4.71. The van der Waals surface area contributed by atoms with Gasteiger partial charge in [0.05, 0.1) is 19.2 Å². The molecule has 5 rings (SSSR count). The van der Waals surface area contributed by atoms with Crippen LogP contribution in [0.15, 0.2) is 69.7 Å². The van der Waals surface area contributed by atoms with Gasteiger partial charge in [-0.05, 0) is 54.8 Å². The Hall–Kier alpha value is -3.94. The Balaban J connectivity index is 1.25. The van der Waals surface area contributed by atoms with Crippen molar-refractivity contribution in [2.75, 3.05) is 20.2 Å². The number of aromatic nitrogens is 2. The highest BCUT2D eigenvalue weighted by molar-refractivity contribution is 5.92. The van der Waals surface area contributed by atoms with E-state index in [9.17, 15) is 9.18 Å². The number of halogens is 1. The van der Waals surface area contributed by atoms with Crippen molar-refractivity contribution < 1.29 is 22.9 Å². The predicted octanol–water partition coefficient (Wildman–Crippen LogP) is 5.09. The Morgan fingerprint density at radius 1 is 1.21 bits per heavy atom. The number of benzene rings is 2. The van der Waals surface area contributed by atoms with Crippen LogP contribution in [0.2, 0.25) is 0 Å². The summed E-state index contributed by atoms with van der Waals surface area (Å²) < 4.78 is 30.0. The molecule has 0 unspecified atom stereocenters. The molecule has 1 amide bonds. The van der Waals surface area contributed by atoms with Gasteiger partial charge in [0.1, 0.15) is 23.0 Å². The topological polar surface area (TPSA) is 81.6 Å². The first-order valence-corrected chi connectivity index (χ1v) is 11.2. The standard InChI is InChI=1S/C26H24FN3O4/c1-32-21-9-7-18(8-10-21)23-14-24(34-29-23)26(31)30-11-3-5-19(16-30)25-28-15-22(33-25)13-17-4-2-6-20(27)12-17/h2,4,6-10,12,14-15,19H,3,5,11,13,16H2,1H3/t19-/m0/s1. The predicted molar refractivity (Wildman–Crippen MR) is 122 cm³/mol. The average Bonchev–Trinajstić information content (AvgIpc) is 3.54. The number of likely N-dealkylation sites (tertiary alicyclic amines) is 1. The molecule has 1 aliphatic rings. The lowest BCUT2D eigenvalue weighted by Gasteiger charge is -2.30. The molecule has 8 heteroatoms. The molecule has 0 spiro atoms. The van der Waals surface area contributed by atoms with Crippen molar-refractivity contribution in [2.45, 2.75) is 25.2 Å². The lowest BCUT2D eigenvalue weighted by Crippen LogP contribution is -2.39. The van der Waals surface area contributed by atoms with Gasteiger partial charge < -0.3 is 18.6 Å². The summed E-state index contributed by atoms with van der Waals surface area (Å²) in [6.07, 6.45) is 3.85. The van der Waals surface area contributed by atoms with E-state index in [2.05, 4.69) is 10.1 Å². The summed E-state index contributed by atoms with van der Waals surface area (Å²) in [7, 11) is 1.61. The van der Waals surface area contributed by atoms with Crippen LogP contribution < -0.4 is 4.74 Å². The van der Waals surface area contributed by atoms with Crippen LogP contribution in [0.3, 0.4) is 0 Å². The first-order chi connectivity index (χ1) is 16.6. The van der Waals surface area contributed by atoms with Crippen LogP contribution >= 0.6 is 0 Å². The molecule has 0 N–H and O–H groups in total. The first-order valence-electron chi connectivity index (χ1n) is 11.2. The van der Waals surface area contributed by atoms with Crippen molar-refractivity contribution in [3.8, 4) is 17.0 Å². The minimum atomic E-state index is -0.277. The number of rotatable bonds is 6. The van der Waals surface area contributed by atoms with Gasteiger partial charge in [-0.3, -0.25) is 4.79 Å². The number of ether oxygens (including phenoxy) is 1. The summed E-state index contributed by atoms with van der Waals surface area (Å²) in [5.41, 5.74) is 2.25. The molecule has 4 aromatic rings. The van der Waals surface area contributed by atoms with Gasteiger partial charge in [-0.15, -0.1) is 0 Å². The fourth-order valence-electron chi connectivity index (χ4n) is 4.23. The maximum absolute atomic E-state index is 13.5. The maximum Gasteiger partial charge on any atom is 0.292 e. The molecule has 0 saturated carbocycles. The van der Waals surface area contributed by atoms with Gasteiger partial charge in [0.25, 0.3) is 5.91 Å². The minimum Gasteiger partial charge on any atom is -0.497 e. The van der Waals surface area contributed by atoms with E-state index in [1.165, 1.54) is 12.1 Å². The van der Waals surface area contributed by atoms with E-state index >= 15 is 0 Å². The molecule has 0 radical (unpaired) electrons. The second-order valence-electron chi connectivity index (χ2n) is 8.37. The van der Waals surface area contributed by atoms with Crippen LogP contribution in [-0.2, 0) is 6.42 Å². The van der Waals surface area contributed by atoms with Gasteiger partial charge in [0.15, 0.2) is 5.89 Å². The van der Waals surface area contributed by atoms with Crippen LogP contribution in [0.4, 0.5) is 4.39 Å². The van der Waals surface area contributed by atoms with Crippen LogP contribution in [-0.4, -0.2) is 41.1 Å². The van der Waals surface area contributed by atoms with Crippen LogP contribution in [0.25, 0.3) is 11.3 Å². The Morgan fingerprint density at radius 3 is 2.85 bits per heavy atom. The zero-order valence-electron chi connectivity index (χ0n) is 18.7. The fraction of sp³-hybridized carbons (Fsp3) is 0.269. The third-order valence-corrected chi connectivity index (χ3v) is 6.00. The number of nitrogens with zero attached hydrogens (tertiary/aromatic N) is 3. The SMILES string of the molecule is COc1ccc(-c2cc(C(=O)N3CCC[C@H](c4ncc(Cc5cccc(F)c5)o4)C3)on2)cc1. The van der Waals surface area contributed by atoms with Crippen molar-refractivity contribution in [3.05, 3.63) is 89.6 Å². The summed E-state index contributed by atoms with van der Waals surface area (Å²) >= 11 is 0. The zero-order valence-corrected chi connectivity index (χ0v) is 18.7. The van der Waals surface area contributed by atoms with Gasteiger partial charge in [-0.2, -0.15) is 0 Å². The van der Waals surface area contributed by atoms with E-state index in [1.807, 2.05) is 30.3 Å². The lowest BCUT2D eigenvalue weighted by atomic mass is 9.97. The fourth-order valence-corrected chi connectivity index (χ4v) is 4.23. The van der Waals surface area contributed by atoms with E-state index in [4.69, 9.17) is 13.7 Å². The van der Waals surface area contributed by atoms with Crippen molar-refractivity contribution in [1.29, 1.82) is 0 Å². The Labute approximate surface area is 196 Å². The van der Waals surface area contributed by atoms with Gasteiger partial charge in [-0.1, -0.05) is 17.3 Å². The molecule has 2 aromatic heterocycles. The molecule has 7 nitrogen and oxygen atoms in total. The number of oxazole rings is 1. The molecule has 1 aliphatic heterocycles. The van der Waals surface area contributed by atoms with E-state index < -0.39 is 0 Å². The first kappa shape index (κ1) is 21.9. The average molecular weight is 461 g/mol. The number of carbonyl (C=O) groups excluding carboxylic acids is 1. The van der Waals surface area contributed by atoms with Gasteiger partial charge in [-0.25, -0.2) is 9.37 Å². The summed E-state index contributed by atoms with van der Waals surface area (Å²) in [4.78, 5) is 19.3. The number of hydrogen-bond donors (Lipinski definition) is 0. The van der Waals surface area contributed by atoms with E-state index in [-0.39, 0.29) is 23.4 Å². The van der Waals surface area contributed by atoms with E-state index in [0.717, 1.165) is 29.7 Å². The number of hydrogen-bond acceptors (Lipinski definition) is 6. The maximum atomic E-state index is 13.5. The number of amides is 1.